The number of aliphatic carboxylic acids is 1. The van der Waals surface area contributed by atoms with Crippen LogP contribution in [-0.2, 0) is 19.2 Å². The molecule has 3 aliphatic rings. The van der Waals surface area contributed by atoms with Gasteiger partial charge in [0.25, 0.3) is 0 Å². The van der Waals surface area contributed by atoms with Crippen molar-refractivity contribution in [3.8, 4) is 5.75 Å². The quantitative estimate of drug-likeness (QED) is 0.204. The van der Waals surface area contributed by atoms with Crippen molar-refractivity contribution >= 4 is 52.7 Å². The first-order valence-corrected chi connectivity index (χ1v) is 20.0. The maximum Gasteiger partial charge on any atom is 0.327 e. The van der Waals surface area contributed by atoms with Gasteiger partial charge in [0.05, 0.1) is 28.8 Å². The molecule has 59 heavy (non-hydrogen) atoms. The number of nitrogens with one attached hydrogen (secondary N) is 2. The number of amides is 2. The van der Waals surface area contributed by atoms with E-state index in [0.29, 0.717) is 17.3 Å². The molecule has 1 aromatic rings. The molecule has 0 aromatic heterocycles. The van der Waals surface area contributed by atoms with Gasteiger partial charge in [-0.3, -0.25) is 28.8 Å². The van der Waals surface area contributed by atoms with Gasteiger partial charge in [0.15, 0.2) is 11.6 Å². The van der Waals surface area contributed by atoms with Gasteiger partial charge in [-0.05, 0) is 50.0 Å². The molecule has 0 radical (unpaired) electrons. The number of benzene rings is 1. The van der Waals surface area contributed by atoms with E-state index in [-0.39, 0.29) is 35.3 Å². The number of hydrogen-bond donors (Lipinski definition) is 7. The smallest absolute Gasteiger partial charge is 0.327 e. The van der Waals surface area contributed by atoms with Crippen LogP contribution >= 0.6 is 11.8 Å². The van der Waals surface area contributed by atoms with Crippen LogP contribution in [0.25, 0.3) is 0 Å². The van der Waals surface area contributed by atoms with Crippen molar-refractivity contribution < 1.29 is 59.1 Å². The zero-order valence-electron chi connectivity index (χ0n) is 34.0. The first-order chi connectivity index (χ1) is 27.7. The zero-order chi connectivity index (χ0) is 44.3. The number of aliphatic hydroxyl groups excluding tert-OH is 3. The van der Waals surface area contributed by atoms with E-state index in [1.54, 1.807) is 58.1 Å². The molecule has 14 nitrogen and oxygen atoms in total. The van der Waals surface area contributed by atoms with Gasteiger partial charge in [-0.25, -0.2) is 4.79 Å². The first kappa shape index (κ1) is 47.9. The first-order valence-electron chi connectivity index (χ1n) is 19.0. The normalized spacial score (nSPS) is 28.7. The van der Waals surface area contributed by atoms with Gasteiger partial charge in [-0.15, -0.1) is 11.8 Å². The Morgan fingerprint density at radius 2 is 1.51 bits per heavy atom. The SMILES string of the molecule is CC(=O)NC(CSC1=C2NC(=O)/C=C/C=C\C=C/C(C)C(O)CC(=O)/C(C)=C\CC(O)/C=C/C(C)C(O)C(C)/C=C(\C)C(=O)c3c(O)c(C)cc(c3C1=O)C2=O)C(=O)O. The molecule has 2 heterocycles. The van der Waals surface area contributed by atoms with Gasteiger partial charge in [0.1, 0.15) is 17.5 Å². The standard InChI is InChI=1S/C44H52N2O12S/c1-22-12-10-8-9-11-13-34(51)46-37-41(55)30-19-27(6)40(54)36(35(30)42(56)43(37)59-21-31(44(57)58)45-28(7)47)39(53)26(5)18-25(4)38(52)24(3)15-17-29(48)16-14-23(2)33(50)20-32(22)49/h8-15,17-19,22,24-25,29,31-32,38,48-49,52,54H,16,20-21H2,1-7H3,(H,45,47)(H,46,51)(H,57,58)/b9-8-,12-10-,13-11+,17-15+,23-14-,26-18+. The Kier molecular flexibility index (Phi) is 17.5. The van der Waals surface area contributed by atoms with Crippen LogP contribution in [0.1, 0.15) is 91.0 Å². The lowest BCUT2D eigenvalue weighted by atomic mass is 9.83. The molecular formula is C44H52N2O12S. The van der Waals surface area contributed by atoms with E-state index in [1.165, 1.54) is 44.2 Å². The monoisotopic (exact) mass is 832 g/mol. The summed E-state index contributed by atoms with van der Waals surface area (Å²) in [5.74, 6) is -8.71. The second-order valence-corrected chi connectivity index (χ2v) is 15.8. The molecule has 0 fully saturated rings. The highest BCUT2D eigenvalue weighted by atomic mass is 32.2. The van der Waals surface area contributed by atoms with Crippen LogP contribution in [0.5, 0.6) is 5.75 Å². The molecule has 7 atom stereocenters. The largest absolute Gasteiger partial charge is 0.507 e. The summed E-state index contributed by atoms with van der Waals surface area (Å²) in [5, 5.41) is 58.0. The lowest BCUT2D eigenvalue weighted by molar-refractivity contribution is -0.140. The summed E-state index contributed by atoms with van der Waals surface area (Å²) in [6.45, 7) is 10.6. The van der Waals surface area contributed by atoms with Crippen molar-refractivity contribution in [2.45, 2.75) is 85.7 Å². The fraction of sp³-hybridized carbons (Fsp3) is 0.386. The number of carboxylic acid groups (broad SMARTS) is 1. The van der Waals surface area contributed by atoms with Crippen LogP contribution in [0, 0.1) is 24.7 Å². The van der Waals surface area contributed by atoms with Crippen LogP contribution in [0.3, 0.4) is 0 Å². The third kappa shape index (κ3) is 12.8. The summed E-state index contributed by atoms with van der Waals surface area (Å²) < 4.78 is 0. The summed E-state index contributed by atoms with van der Waals surface area (Å²) >= 11 is 0.556. The van der Waals surface area contributed by atoms with E-state index in [2.05, 4.69) is 10.6 Å². The number of carbonyl (C=O) groups is 7. The van der Waals surface area contributed by atoms with Crippen LogP contribution in [0.4, 0.5) is 0 Å². The minimum Gasteiger partial charge on any atom is -0.507 e. The minimum absolute atomic E-state index is 0.00628. The number of aromatic hydroxyl groups is 1. The number of carbonyl (C=O) groups excluding carboxylic acids is 6. The molecule has 4 bridgehead atoms. The highest BCUT2D eigenvalue weighted by Gasteiger charge is 2.39. The van der Waals surface area contributed by atoms with Crippen LogP contribution in [0.15, 0.2) is 88.6 Å². The number of thioether (sulfide) groups is 1. The number of aliphatic hydroxyl groups is 3. The molecule has 2 aliphatic heterocycles. The maximum atomic E-state index is 14.4. The molecule has 15 heteroatoms. The summed E-state index contributed by atoms with van der Waals surface area (Å²) in [6.07, 6.45) is 11.6. The summed E-state index contributed by atoms with van der Waals surface area (Å²) in [6, 6.07) is -0.315. The van der Waals surface area contributed by atoms with Crippen molar-refractivity contribution in [2.75, 3.05) is 5.75 Å². The van der Waals surface area contributed by atoms with Crippen molar-refractivity contribution in [1.82, 2.24) is 10.6 Å². The third-order valence-electron chi connectivity index (χ3n) is 9.86. The second kappa shape index (κ2) is 21.5. The molecular weight excluding hydrogens is 781 g/mol. The fourth-order valence-corrected chi connectivity index (χ4v) is 7.32. The Balaban J connectivity index is 2.19. The van der Waals surface area contributed by atoms with Crippen molar-refractivity contribution in [3.63, 3.8) is 0 Å². The van der Waals surface area contributed by atoms with Gasteiger partial charge in [-0.1, -0.05) is 75.5 Å². The zero-order valence-corrected chi connectivity index (χ0v) is 34.8. The number of carboxylic acids is 1. The average molecular weight is 833 g/mol. The lowest BCUT2D eigenvalue weighted by Gasteiger charge is -2.25. The van der Waals surface area contributed by atoms with E-state index in [1.807, 2.05) is 0 Å². The lowest BCUT2D eigenvalue weighted by Crippen LogP contribution is -2.42. The molecule has 1 aromatic carbocycles. The molecule has 4 rings (SSSR count). The molecule has 0 spiro atoms. The van der Waals surface area contributed by atoms with E-state index in [9.17, 15) is 59.1 Å². The molecule has 316 valence electrons. The maximum absolute atomic E-state index is 14.4. The third-order valence-corrected chi connectivity index (χ3v) is 11.0. The minimum atomic E-state index is -1.52. The van der Waals surface area contributed by atoms with Crippen LogP contribution < -0.4 is 10.6 Å². The Morgan fingerprint density at radius 3 is 2.15 bits per heavy atom. The molecule has 0 saturated carbocycles. The molecule has 7 unspecified atom stereocenters. The second-order valence-electron chi connectivity index (χ2n) is 14.7. The number of aryl methyl sites for hydroxylation is 1. The number of phenolic OH excluding ortho intramolecular Hbond substituents is 1. The van der Waals surface area contributed by atoms with Crippen molar-refractivity contribution in [2.24, 2.45) is 17.8 Å². The number of phenols is 1. The molecule has 2 amide bonds. The molecule has 1 aliphatic carbocycles. The Morgan fingerprint density at radius 1 is 0.847 bits per heavy atom. The van der Waals surface area contributed by atoms with Crippen LogP contribution in [-0.4, -0.2) is 96.6 Å². The highest BCUT2D eigenvalue weighted by Crippen LogP contribution is 2.40. The number of rotatable bonds is 5. The van der Waals surface area contributed by atoms with Crippen molar-refractivity contribution in [3.05, 3.63) is 111 Å². The van der Waals surface area contributed by atoms with Gasteiger partial charge in [0, 0.05) is 54.1 Å². The molecule has 0 saturated heterocycles. The van der Waals surface area contributed by atoms with Gasteiger partial charge in [0.2, 0.25) is 23.4 Å². The fourth-order valence-electron chi connectivity index (χ4n) is 6.24. The summed E-state index contributed by atoms with van der Waals surface area (Å²) in [5.41, 5.74) is -1.35. The van der Waals surface area contributed by atoms with Gasteiger partial charge >= 0.3 is 5.97 Å². The number of Topliss-reactive ketones (excluding diaryl/α,β-unsaturated/α-hetero) is 4. The number of ketones is 4. The Labute approximate surface area is 347 Å². The van der Waals surface area contributed by atoms with E-state index in [0.717, 1.165) is 13.0 Å². The molecule has 7 N–H and O–H groups in total. The highest BCUT2D eigenvalue weighted by molar-refractivity contribution is 8.04. The predicted octanol–water partition coefficient (Wildman–Crippen LogP) is 4.38. The van der Waals surface area contributed by atoms with Gasteiger partial charge < -0.3 is 36.2 Å². The Bertz CT molecular complexity index is 2090. The summed E-state index contributed by atoms with van der Waals surface area (Å²) in [4.78, 5) is 92.0. The number of fused-ring (bicyclic) bond motifs is 18. The van der Waals surface area contributed by atoms with E-state index < -0.39 is 110 Å². The van der Waals surface area contributed by atoms with Gasteiger partial charge in [-0.2, -0.15) is 0 Å². The number of allylic oxidation sites excluding steroid dienone is 8. The predicted molar refractivity (Wildman–Crippen MR) is 223 cm³/mol. The number of hydrogen-bond acceptors (Lipinski definition) is 12. The Hall–Kier alpha value is -5.48. The summed E-state index contributed by atoms with van der Waals surface area (Å²) in [7, 11) is 0. The van der Waals surface area contributed by atoms with Crippen molar-refractivity contribution in [1.29, 1.82) is 0 Å². The average Bonchev–Trinajstić information content (AvgIpc) is 3.17. The topological polar surface area (TPSA) is 245 Å². The van der Waals surface area contributed by atoms with E-state index in [4.69, 9.17) is 0 Å². The van der Waals surface area contributed by atoms with E-state index >= 15 is 0 Å². The van der Waals surface area contributed by atoms with Crippen LogP contribution in [0.2, 0.25) is 0 Å².